The lowest BCUT2D eigenvalue weighted by Gasteiger charge is -2.02. The predicted octanol–water partition coefficient (Wildman–Crippen LogP) is 4.84. The molecule has 136 valence electrons. The van der Waals surface area contributed by atoms with Crippen molar-refractivity contribution in [3.8, 4) is 11.3 Å². The molecular weight excluding hydrogens is 362 g/mol. The second-order valence-electron chi connectivity index (χ2n) is 6.31. The number of nitrogens with zero attached hydrogens (tertiary/aromatic N) is 1. The number of benzene rings is 2. The number of para-hydroxylation sites is 1. The van der Waals surface area contributed by atoms with Crippen LogP contribution in [0.4, 0.5) is 0 Å². The Kier molecular flexibility index (Phi) is 4.94. The van der Waals surface area contributed by atoms with E-state index in [0.29, 0.717) is 17.3 Å². The fraction of sp³-hybridized carbons (Fsp3) is 0.143. The maximum Gasteiger partial charge on any atom is 0.289 e. The van der Waals surface area contributed by atoms with Gasteiger partial charge in [0.05, 0.1) is 0 Å². The van der Waals surface area contributed by atoms with Gasteiger partial charge >= 0.3 is 0 Å². The Morgan fingerprint density at radius 1 is 1.15 bits per heavy atom. The highest BCUT2D eigenvalue weighted by atomic mass is 35.5. The van der Waals surface area contributed by atoms with Crippen LogP contribution in [0.5, 0.6) is 0 Å². The summed E-state index contributed by atoms with van der Waals surface area (Å²) in [6.07, 6.45) is 3.75. The van der Waals surface area contributed by atoms with E-state index in [4.69, 9.17) is 16.1 Å². The molecule has 0 bridgehead atoms. The first kappa shape index (κ1) is 17.4. The summed E-state index contributed by atoms with van der Waals surface area (Å²) in [5.74, 6) is -0.0771. The third-order valence-corrected chi connectivity index (χ3v) is 4.67. The number of aromatic amines is 1. The second-order valence-corrected chi connectivity index (χ2v) is 6.74. The Balaban J connectivity index is 1.32. The lowest BCUT2D eigenvalue weighted by Crippen LogP contribution is -2.24. The number of aryl methyl sites for hydroxylation is 1. The van der Waals surface area contributed by atoms with E-state index in [-0.39, 0.29) is 11.7 Å². The quantitative estimate of drug-likeness (QED) is 0.471. The zero-order valence-electron chi connectivity index (χ0n) is 14.5. The van der Waals surface area contributed by atoms with Crippen molar-refractivity contribution in [2.24, 2.45) is 0 Å². The molecule has 0 aliphatic heterocycles. The summed E-state index contributed by atoms with van der Waals surface area (Å²) >= 11 is 5.99. The van der Waals surface area contributed by atoms with E-state index in [1.165, 1.54) is 10.9 Å². The molecule has 5 nitrogen and oxygen atoms in total. The van der Waals surface area contributed by atoms with Crippen molar-refractivity contribution < 1.29 is 9.32 Å². The van der Waals surface area contributed by atoms with E-state index < -0.39 is 0 Å². The molecule has 4 aromatic rings. The van der Waals surface area contributed by atoms with Crippen LogP contribution in [0.15, 0.2) is 65.3 Å². The molecule has 0 unspecified atom stereocenters. The number of aromatic nitrogens is 2. The van der Waals surface area contributed by atoms with Gasteiger partial charge in [0.25, 0.3) is 5.91 Å². The first-order valence-corrected chi connectivity index (χ1v) is 9.14. The number of H-pyrrole nitrogens is 1. The average Bonchev–Trinajstić information content (AvgIpc) is 3.33. The largest absolute Gasteiger partial charge is 0.361 e. The Labute approximate surface area is 161 Å². The Bertz CT molecular complexity index is 1080. The molecule has 2 aromatic carbocycles. The number of rotatable bonds is 6. The normalized spacial score (nSPS) is 11.0. The molecule has 0 saturated heterocycles. The number of hydrogen-bond acceptors (Lipinski definition) is 3. The highest BCUT2D eigenvalue weighted by Gasteiger charge is 2.14. The first-order chi connectivity index (χ1) is 13.2. The predicted molar refractivity (Wildman–Crippen MR) is 106 cm³/mol. The SMILES string of the molecule is O=C(NCCCc1c[nH]c2ccccc12)c1cc(-c2cccc(Cl)c2)no1. The zero-order valence-corrected chi connectivity index (χ0v) is 15.3. The number of fused-ring (bicyclic) bond motifs is 1. The minimum Gasteiger partial charge on any atom is -0.361 e. The van der Waals surface area contributed by atoms with Crippen molar-refractivity contribution >= 4 is 28.4 Å². The van der Waals surface area contributed by atoms with Crippen LogP contribution in [-0.4, -0.2) is 22.6 Å². The van der Waals surface area contributed by atoms with Crippen LogP contribution in [0, 0.1) is 0 Å². The van der Waals surface area contributed by atoms with Crippen LogP contribution < -0.4 is 5.32 Å². The van der Waals surface area contributed by atoms with Crippen molar-refractivity contribution in [1.82, 2.24) is 15.5 Å². The summed E-state index contributed by atoms with van der Waals surface area (Å²) in [6, 6.07) is 17.1. The van der Waals surface area contributed by atoms with Gasteiger partial charge in [-0.05, 0) is 36.6 Å². The van der Waals surface area contributed by atoms with Crippen LogP contribution >= 0.6 is 11.6 Å². The maximum absolute atomic E-state index is 12.3. The standard InChI is InChI=1S/C21H18ClN3O2/c22-16-7-3-5-14(11-16)19-12-20(27-25-19)21(26)23-10-4-6-15-13-24-18-9-2-1-8-17(15)18/h1-3,5,7-9,11-13,24H,4,6,10H2,(H,23,26). The third-order valence-electron chi connectivity index (χ3n) is 4.44. The summed E-state index contributed by atoms with van der Waals surface area (Å²) < 4.78 is 5.17. The van der Waals surface area contributed by atoms with Crippen LogP contribution in [0.2, 0.25) is 5.02 Å². The molecule has 0 fully saturated rings. The highest BCUT2D eigenvalue weighted by molar-refractivity contribution is 6.30. The molecule has 27 heavy (non-hydrogen) atoms. The lowest BCUT2D eigenvalue weighted by molar-refractivity contribution is 0.0916. The fourth-order valence-electron chi connectivity index (χ4n) is 3.07. The van der Waals surface area contributed by atoms with Gasteiger partial charge in [-0.2, -0.15) is 0 Å². The molecule has 0 aliphatic rings. The molecule has 0 atom stereocenters. The number of hydrogen-bond donors (Lipinski definition) is 2. The minimum absolute atomic E-state index is 0.192. The van der Waals surface area contributed by atoms with Crippen LogP contribution in [0.25, 0.3) is 22.2 Å². The summed E-state index contributed by atoms with van der Waals surface area (Å²) in [5, 5.41) is 8.67. The smallest absolute Gasteiger partial charge is 0.289 e. The van der Waals surface area contributed by atoms with Gasteiger partial charge in [0.1, 0.15) is 5.69 Å². The number of carbonyl (C=O) groups is 1. The van der Waals surface area contributed by atoms with Gasteiger partial charge in [-0.25, -0.2) is 0 Å². The molecular formula is C21H18ClN3O2. The Hall–Kier alpha value is -3.05. The third kappa shape index (κ3) is 3.88. The van der Waals surface area contributed by atoms with Crippen molar-refractivity contribution in [2.45, 2.75) is 12.8 Å². The van der Waals surface area contributed by atoms with Crippen LogP contribution in [-0.2, 0) is 6.42 Å². The second kappa shape index (κ2) is 7.68. The molecule has 0 spiro atoms. The van der Waals surface area contributed by atoms with Gasteiger partial charge in [-0.15, -0.1) is 0 Å². The van der Waals surface area contributed by atoms with Gasteiger partial charge < -0.3 is 14.8 Å². The van der Waals surface area contributed by atoms with Gasteiger partial charge in [0.15, 0.2) is 0 Å². The molecule has 2 heterocycles. The van der Waals surface area contributed by atoms with Crippen molar-refractivity contribution in [2.75, 3.05) is 6.54 Å². The summed E-state index contributed by atoms with van der Waals surface area (Å²) in [4.78, 5) is 15.5. The Morgan fingerprint density at radius 3 is 2.93 bits per heavy atom. The summed E-state index contributed by atoms with van der Waals surface area (Å²) in [5.41, 5.74) is 3.78. The topological polar surface area (TPSA) is 70.9 Å². The van der Waals surface area contributed by atoms with E-state index in [9.17, 15) is 4.79 Å². The van der Waals surface area contributed by atoms with Gasteiger partial charge in [0, 0.05) is 40.3 Å². The first-order valence-electron chi connectivity index (χ1n) is 8.76. The van der Waals surface area contributed by atoms with Gasteiger partial charge in [0.2, 0.25) is 5.76 Å². The molecule has 2 aromatic heterocycles. The van der Waals surface area contributed by atoms with Crippen molar-refractivity contribution in [3.05, 3.63) is 77.1 Å². The Morgan fingerprint density at radius 2 is 2.04 bits per heavy atom. The van der Waals surface area contributed by atoms with Crippen LogP contribution in [0.3, 0.4) is 0 Å². The fourth-order valence-corrected chi connectivity index (χ4v) is 3.26. The number of nitrogens with one attached hydrogen (secondary N) is 2. The summed E-state index contributed by atoms with van der Waals surface area (Å²) in [7, 11) is 0. The van der Waals surface area contributed by atoms with Crippen molar-refractivity contribution in [3.63, 3.8) is 0 Å². The molecule has 0 aliphatic carbocycles. The molecule has 4 rings (SSSR count). The lowest BCUT2D eigenvalue weighted by atomic mass is 10.1. The van der Waals surface area contributed by atoms with E-state index in [0.717, 1.165) is 23.9 Å². The van der Waals surface area contributed by atoms with Gasteiger partial charge in [-0.1, -0.05) is 47.1 Å². The highest BCUT2D eigenvalue weighted by Crippen LogP contribution is 2.22. The zero-order chi connectivity index (χ0) is 18.6. The van der Waals surface area contributed by atoms with Crippen molar-refractivity contribution in [1.29, 1.82) is 0 Å². The number of halogens is 1. The molecule has 6 heteroatoms. The monoisotopic (exact) mass is 379 g/mol. The van der Waals surface area contributed by atoms with E-state index in [2.05, 4.69) is 27.6 Å². The van der Waals surface area contributed by atoms with E-state index in [1.54, 1.807) is 18.2 Å². The molecule has 1 amide bonds. The number of amides is 1. The molecule has 0 radical (unpaired) electrons. The number of carbonyl (C=O) groups excluding carboxylic acids is 1. The average molecular weight is 380 g/mol. The van der Waals surface area contributed by atoms with E-state index in [1.807, 2.05) is 30.5 Å². The van der Waals surface area contributed by atoms with E-state index >= 15 is 0 Å². The summed E-state index contributed by atoms with van der Waals surface area (Å²) in [6.45, 7) is 0.561. The van der Waals surface area contributed by atoms with Crippen LogP contribution in [0.1, 0.15) is 22.5 Å². The van der Waals surface area contributed by atoms with Gasteiger partial charge in [-0.3, -0.25) is 4.79 Å². The molecule has 2 N–H and O–H groups in total. The minimum atomic E-state index is -0.269. The maximum atomic E-state index is 12.3. The molecule has 0 saturated carbocycles.